The van der Waals surface area contributed by atoms with E-state index in [-0.39, 0.29) is 26.4 Å². The Morgan fingerprint density at radius 1 is 1.08 bits per heavy atom. The first-order valence-electron chi connectivity index (χ1n) is 6.70. The molecule has 0 amide bonds. The molecule has 0 radical (unpaired) electrons. The van der Waals surface area contributed by atoms with Gasteiger partial charge in [0.25, 0.3) is 10.0 Å². The van der Waals surface area contributed by atoms with Crippen LogP contribution in [0.25, 0.3) is 0 Å². The molecule has 2 rings (SSSR count). The second-order valence-electron chi connectivity index (χ2n) is 4.78. The van der Waals surface area contributed by atoms with E-state index in [1.54, 1.807) is 0 Å². The van der Waals surface area contributed by atoms with Gasteiger partial charge in [0.15, 0.2) is 0 Å². The third-order valence-corrected chi connectivity index (χ3v) is 6.24. The number of carboxylic acids is 1. The van der Waals surface area contributed by atoms with E-state index in [0.717, 1.165) is 0 Å². The summed E-state index contributed by atoms with van der Waals surface area (Å²) in [5.74, 6) is -1.14. The smallest absolute Gasteiger partial charge is 0.324 e. The van der Waals surface area contributed by atoms with Gasteiger partial charge >= 0.3 is 5.97 Å². The minimum absolute atomic E-state index is 0.0865. The van der Waals surface area contributed by atoms with Crippen molar-refractivity contribution in [3.63, 3.8) is 0 Å². The summed E-state index contributed by atoms with van der Waals surface area (Å²) in [6.07, 6.45) is 0. The van der Waals surface area contributed by atoms with Gasteiger partial charge in [0.2, 0.25) is 0 Å². The van der Waals surface area contributed by atoms with Crippen molar-refractivity contribution in [1.82, 2.24) is 0 Å². The fourth-order valence-electron chi connectivity index (χ4n) is 2.03. The topological polar surface area (TPSA) is 83.9 Å². The van der Waals surface area contributed by atoms with E-state index >= 15 is 0 Å². The summed E-state index contributed by atoms with van der Waals surface area (Å²) < 4.78 is 31.6. The van der Waals surface area contributed by atoms with Gasteiger partial charge in [-0.2, -0.15) is 0 Å². The van der Waals surface area contributed by atoms with Crippen molar-refractivity contribution in [2.24, 2.45) is 0 Å². The Labute approximate surface area is 159 Å². The molecule has 0 aromatic heterocycles. The normalized spacial score (nSPS) is 11.2. The molecule has 25 heavy (non-hydrogen) atoms. The molecule has 10 heteroatoms. The maximum Gasteiger partial charge on any atom is 0.324 e. The van der Waals surface area contributed by atoms with Crippen LogP contribution in [0.2, 0.25) is 15.1 Å². The van der Waals surface area contributed by atoms with E-state index in [1.807, 2.05) is 0 Å². The Bertz CT molecular complexity index is 900. The van der Waals surface area contributed by atoms with E-state index in [0.29, 0.717) is 9.33 Å². The molecule has 134 valence electrons. The van der Waals surface area contributed by atoms with Crippen molar-refractivity contribution in [2.75, 3.05) is 18.0 Å². The van der Waals surface area contributed by atoms with Gasteiger partial charge in [0, 0.05) is 5.02 Å². The van der Waals surface area contributed by atoms with Crippen molar-refractivity contribution < 1.29 is 23.1 Å². The summed E-state index contributed by atoms with van der Waals surface area (Å²) >= 11 is 17.9. The molecular formula is C15H12Cl3NO5S. The fourth-order valence-corrected chi connectivity index (χ4v) is 4.39. The van der Waals surface area contributed by atoms with E-state index in [9.17, 15) is 13.2 Å². The molecule has 6 nitrogen and oxygen atoms in total. The average Bonchev–Trinajstić information content (AvgIpc) is 2.55. The summed E-state index contributed by atoms with van der Waals surface area (Å²) in [5.41, 5.74) is 0.120. The summed E-state index contributed by atoms with van der Waals surface area (Å²) in [5, 5.41) is 9.14. The Morgan fingerprint density at radius 3 is 2.20 bits per heavy atom. The highest BCUT2D eigenvalue weighted by Gasteiger charge is 2.30. The molecule has 1 N–H and O–H groups in total. The second-order valence-corrected chi connectivity index (χ2v) is 7.80. The molecule has 0 aliphatic heterocycles. The highest BCUT2D eigenvalue weighted by molar-refractivity contribution is 7.93. The van der Waals surface area contributed by atoms with Gasteiger partial charge in [0.05, 0.1) is 17.8 Å². The van der Waals surface area contributed by atoms with Gasteiger partial charge in [-0.05, 0) is 36.4 Å². The molecule has 0 saturated carbocycles. The zero-order chi connectivity index (χ0) is 18.8. The van der Waals surface area contributed by atoms with Crippen molar-refractivity contribution in [3.05, 3.63) is 51.5 Å². The lowest BCUT2D eigenvalue weighted by atomic mass is 10.3. The van der Waals surface area contributed by atoms with Crippen molar-refractivity contribution in [2.45, 2.75) is 4.90 Å². The van der Waals surface area contributed by atoms with Crippen molar-refractivity contribution >= 4 is 56.5 Å². The van der Waals surface area contributed by atoms with E-state index in [2.05, 4.69) is 0 Å². The first-order chi connectivity index (χ1) is 11.7. The van der Waals surface area contributed by atoms with Gasteiger partial charge in [-0.3, -0.25) is 9.10 Å². The predicted octanol–water partition coefficient (Wildman–Crippen LogP) is 3.94. The monoisotopic (exact) mass is 423 g/mol. The van der Waals surface area contributed by atoms with E-state index in [4.69, 9.17) is 44.6 Å². The van der Waals surface area contributed by atoms with Gasteiger partial charge in [-0.15, -0.1) is 0 Å². The Hall–Kier alpha value is -1.67. The van der Waals surface area contributed by atoms with Crippen molar-refractivity contribution in [3.8, 4) is 5.75 Å². The van der Waals surface area contributed by atoms with Crippen molar-refractivity contribution in [1.29, 1.82) is 0 Å². The van der Waals surface area contributed by atoms with Gasteiger partial charge < -0.3 is 9.84 Å². The minimum Gasteiger partial charge on any atom is -0.495 e. The first kappa shape index (κ1) is 19.7. The molecule has 0 heterocycles. The van der Waals surface area contributed by atoms with Crippen LogP contribution in [0.1, 0.15) is 0 Å². The van der Waals surface area contributed by atoms with Crippen LogP contribution in [0.5, 0.6) is 5.75 Å². The summed E-state index contributed by atoms with van der Waals surface area (Å²) in [6, 6.07) is 8.21. The number of ether oxygens (including phenoxy) is 1. The third kappa shape index (κ3) is 4.12. The SMILES string of the molecule is COc1ccc(S(=O)(=O)N(CC(=O)O)c2ccc(Cl)cc2)c(Cl)c1Cl. The Morgan fingerprint density at radius 2 is 1.68 bits per heavy atom. The lowest BCUT2D eigenvalue weighted by Crippen LogP contribution is -2.35. The van der Waals surface area contributed by atoms with Crippen LogP contribution < -0.4 is 9.04 Å². The summed E-state index contributed by atoms with van der Waals surface area (Å²) in [7, 11) is -2.95. The van der Waals surface area contributed by atoms with E-state index < -0.39 is 22.5 Å². The molecule has 0 spiro atoms. The molecule has 2 aromatic rings. The number of anilines is 1. The lowest BCUT2D eigenvalue weighted by molar-refractivity contribution is -0.135. The number of hydrogen-bond donors (Lipinski definition) is 1. The van der Waals surface area contributed by atoms with Gasteiger partial charge in [-0.25, -0.2) is 8.42 Å². The number of hydrogen-bond acceptors (Lipinski definition) is 4. The summed E-state index contributed by atoms with van der Waals surface area (Å²) in [4.78, 5) is 10.8. The fraction of sp³-hybridized carbons (Fsp3) is 0.133. The molecule has 2 aromatic carbocycles. The second kappa shape index (κ2) is 7.70. The molecule has 0 aliphatic carbocycles. The maximum atomic E-state index is 13.0. The van der Waals surface area contributed by atoms with E-state index in [1.165, 1.54) is 43.5 Å². The number of carboxylic acid groups (broad SMARTS) is 1. The van der Waals surface area contributed by atoms with Crippen LogP contribution in [0.15, 0.2) is 41.3 Å². The number of benzene rings is 2. The third-order valence-electron chi connectivity index (χ3n) is 3.19. The highest BCUT2D eigenvalue weighted by Crippen LogP contribution is 2.38. The molecule has 0 atom stereocenters. The zero-order valence-corrected chi connectivity index (χ0v) is 15.8. The first-order valence-corrected chi connectivity index (χ1v) is 9.28. The van der Waals surface area contributed by atoms with Gasteiger partial charge in [0.1, 0.15) is 22.2 Å². The Balaban J connectivity index is 2.61. The molecule has 0 aliphatic rings. The zero-order valence-electron chi connectivity index (χ0n) is 12.7. The standard InChI is InChI=1S/C15H12Cl3NO5S/c1-24-11-6-7-12(15(18)14(11)17)25(22,23)19(8-13(20)21)10-4-2-9(16)3-5-10/h2-7H,8H2,1H3,(H,20,21). The van der Waals surface area contributed by atoms with Crippen LogP contribution in [0, 0.1) is 0 Å². The molecular weight excluding hydrogens is 413 g/mol. The number of halogens is 3. The molecule has 0 unspecified atom stereocenters. The molecule has 0 fully saturated rings. The van der Waals surface area contributed by atoms with Crippen LogP contribution >= 0.6 is 34.8 Å². The van der Waals surface area contributed by atoms with Crippen LogP contribution in [-0.4, -0.2) is 33.1 Å². The number of aliphatic carboxylic acids is 1. The average molecular weight is 425 g/mol. The summed E-state index contributed by atoms with van der Waals surface area (Å²) in [6.45, 7) is -0.802. The Kier molecular flexibility index (Phi) is 6.05. The molecule has 0 saturated heterocycles. The van der Waals surface area contributed by atoms with Gasteiger partial charge in [-0.1, -0.05) is 34.8 Å². The quantitative estimate of drug-likeness (QED) is 0.759. The lowest BCUT2D eigenvalue weighted by Gasteiger charge is -2.23. The number of sulfonamides is 1. The highest BCUT2D eigenvalue weighted by atomic mass is 35.5. The van der Waals surface area contributed by atoms with Crippen LogP contribution in [-0.2, 0) is 14.8 Å². The number of carbonyl (C=O) groups is 1. The van der Waals surface area contributed by atoms with Crippen LogP contribution in [0.3, 0.4) is 0 Å². The molecule has 0 bridgehead atoms. The minimum atomic E-state index is -4.30. The largest absolute Gasteiger partial charge is 0.495 e. The number of nitrogens with zero attached hydrogens (tertiary/aromatic N) is 1. The number of rotatable bonds is 6. The van der Waals surface area contributed by atoms with Crippen LogP contribution in [0.4, 0.5) is 5.69 Å². The number of methoxy groups -OCH3 is 1. The maximum absolute atomic E-state index is 13.0. The predicted molar refractivity (Wildman–Crippen MR) is 96.6 cm³/mol.